The molecule has 206 valence electrons. The van der Waals surface area contributed by atoms with Gasteiger partial charge in [-0.3, -0.25) is 19.2 Å². The van der Waals surface area contributed by atoms with Gasteiger partial charge in [-0.15, -0.1) is 0 Å². The van der Waals surface area contributed by atoms with Crippen LogP contribution >= 0.6 is 0 Å². The van der Waals surface area contributed by atoms with Gasteiger partial charge >= 0.3 is 11.9 Å². The number of anilines is 2. The molecule has 42 heavy (non-hydrogen) atoms. The molecule has 4 aromatic carbocycles. The molecule has 0 unspecified atom stereocenters. The summed E-state index contributed by atoms with van der Waals surface area (Å²) in [5.74, 6) is -4.55. The van der Waals surface area contributed by atoms with E-state index in [1.807, 2.05) is 0 Å². The number of aryl methyl sites for hydroxylation is 2. The number of carboxylic acids is 2. The van der Waals surface area contributed by atoms with Gasteiger partial charge in [0.2, 0.25) is 0 Å². The highest BCUT2D eigenvalue weighted by Gasteiger charge is 2.38. The Morgan fingerprint density at radius 1 is 0.476 bits per heavy atom. The SMILES string of the molecule is O=C(O)c1ccc2c(c1)C(=O)N(c1ccc(CCc3ccc(N4C(=O)c5ccc(C(=O)O)cc5C4=O)cc3)cc1)C2=O. The maximum absolute atomic E-state index is 12.9. The van der Waals surface area contributed by atoms with Gasteiger partial charge in [-0.25, -0.2) is 19.4 Å². The molecule has 0 saturated heterocycles. The quantitative estimate of drug-likeness (QED) is 0.315. The zero-order valence-corrected chi connectivity index (χ0v) is 21.7. The van der Waals surface area contributed by atoms with E-state index in [0.29, 0.717) is 24.2 Å². The van der Waals surface area contributed by atoms with E-state index in [9.17, 15) is 39.0 Å². The Balaban J connectivity index is 1.12. The van der Waals surface area contributed by atoms with Crippen molar-refractivity contribution in [3.05, 3.63) is 129 Å². The standard InChI is InChI=1S/C32H20N2O8/c35-27-23-13-7-19(31(39)40)15-25(23)29(37)33(27)21-9-3-17(4-10-21)1-2-18-5-11-22(12-6-18)34-28(36)24-14-8-20(32(41)42)16-26(24)30(34)38/h3-16H,1-2H2,(H,39,40)(H,41,42). The Hall–Kier alpha value is -5.90. The molecular formula is C32H20N2O8. The Bertz CT molecular complexity index is 1720. The van der Waals surface area contributed by atoms with Gasteiger partial charge in [0.25, 0.3) is 23.6 Å². The lowest BCUT2D eigenvalue weighted by Gasteiger charge is -2.15. The van der Waals surface area contributed by atoms with Crippen molar-refractivity contribution >= 4 is 46.9 Å². The van der Waals surface area contributed by atoms with Crippen LogP contribution in [0.25, 0.3) is 0 Å². The third-order valence-corrected chi connectivity index (χ3v) is 7.36. The van der Waals surface area contributed by atoms with Gasteiger partial charge in [0.15, 0.2) is 0 Å². The van der Waals surface area contributed by atoms with Crippen LogP contribution < -0.4 is 9.80 Å². The largest absolute Gasteiger partial charge is 0.478 e. The second kappa shape index (κ2) is 9.93. The van der Waals surface area contributed by atoms with Crippen LogP contribution in [0.4, 0.5) is 11.4 Å². The first kappa shape index (κ1) is 26.3. The predicted molar refractivity (Wildman–Crippen MR) is 149 cm³/mol. The maximum Gasteiger partial charge on any atom is 0.335 e. The van der Waals surface area contributed by atoms with Gasteiger partial charge in [0.1, 0.15) is 0 Å². The Labute approximate surface area is 238 Å². The van der Waals surface area contributed by atoms with Gasteiger partial charge in [-0.2, -0.15) is 0 Å². The molecule has 2 aliphatic rings. The fourth-order valence-electron chi connectivity index (χ4n) is 5.13. The third kappa shape index (κ3) is 4.31. The first-order valence-corrected chi connectivity index (χ1v) is 12.8. The number of benzene rings is 4. The lowest BCUT2D eigenvalue weighted by atomic mass is 10.0. The van der Waals surface area contributed by atoms with Crippen molar-refractivity contribution in [3.63, 3.8) is 0 Å². The first-order chi connectivity index (χ1) is 20.1. The summed E-state index contributed by atoms with van der Waals surface area (Å²) in [6, 6.07) is 21.6. The van der Waals surface area contributed by atoms with Crippen molar-refractivity contribution < 1.29 is 39.0 Å². The fraction of sp³-hybridized carbons (Fsp3) is 0.0625. The number of carbonyl (C=O) groups excluding carboxylic acids is 4. The average molecular weight is 561 g/mol. The normalized spacial score (nSPS) is 13.9. The molecule has 0 aliphatic carbocycles. The van der Waals surface area contributed by atoms with Gasteiger partial charge in [-0.05, 0) is 84.6 Å². The van der Waals surface area contributed by atoms with Gasteiger partial charge in [-0.1, -0.05) is 24.3 Å². The minimum atomic E-state index is -1.19. The number of nitrogens with zero attached hydrogens (tertiary/aromatic N) is 2. The second-order valence-corrected chi connectivity index (χ2v) is 9.86. The molecule has 2 heterocycles. The highest BCUT2D eigenvalue weighted by atomic mass is 16.4. The highest BCUT2D eigenvalue weighted by molar-refractivity contribution is 6.35. The van der Waals surface area contributed by atoms with Crippen LogP contribution in [0.3, 0.4) is 0 Å². The van der Waals surface area contributed by atoms with Gasteiger partial charge < -0.3 is 10.2 Å². The van der Waals surface area contributed by atoms with Crippen LogP contribution in [0.2, 0.25) is 0 Å². The van der Waals surface area contributed by atoms with E-state index in [4.69, 9.17) is 0 Å². The molecule has 0 spiro atoms. The molecule has 0 aromatic heterocycles. The second-order valence-electron chi connectivity index (χ2n) is 9.86. The van der Waals surface area contributed by atoms with Crippen LogP contribution in [0.15, 0.2) is 84.9 Å². The number of carboxylic acid groups (broad SMARTS) is 2. The van der Waals surface area contributed by atoms with Gasteiger partial charge in [0.05, 0.1) is 44.8 Å². The van der Waals surface area contributed by atoms with Crippen molar-refractivity contribution in [1.82, 2.24) is 0 Å². The number of hydrogen-bond donors (Lipinski definition) is 2. The van der Waals surface area contributed by atoms with E-state index < -0.39 is 35.6 Å². The molecule has 6 rings (SSSR count). The zero-order chi connectivity index (χ0) is 29.7. The summed E-state index contributed by atoms with van der Waals surface area (Å²) in [5.41, 5.74) is 2.93. The average Bonchev–Trinajstić information content (AvgIpc) is 3.40. The van der Waals surface area contributed by atoms with Crippen LogP contribution in [0.1, 0.15) is 73.3 Å². The number of hydrogen-bond acceptors (Lipinski definition) is 6. The van der Waals surface area contributed by atoms with Crippen molar-refractivity contribution in [2.45, 2.75) is 12.8 Å². The smallest absolute Gasteiger partial charge is 0.335 e. The molecule has 0 radical (unpaired) electrons. The van der Waals surface area contributed by atoms with Crippen molar-refractivity contribution in [1.29, 1.82) is 0 Å². The Kier molecular flexibility index (Phi) is 6.23. The Morgan fingerprint density at radius 3 is 1.14 bits per heavy atom. The van der Waals surface area contributed by atoms with E-state index in [1.165, 1.54) is 36.4 Å². The van der Waals surface area contributed by atoms with Crippen LogP contribution in [0.5, 0.6) is 0 Å². The minimum Gasteiger partial charge on any atom is -0.478 e. The molecule has 10 heteroatoms. The van der Waals surface area contributed by atoms with Crippen LogP contribution in [0, 0.1) is 0 Å². The molecule has 0 fully saturated rings. The van der Waals surface area contributed by atoms with Crippen LogP contribution in [-0.4, -0.2) is 45.8 Å². The summed E-state index contributed by atoms with van der Waals surface area (Å²) in [5, 5.41) is 18.4. The number of amides is 4. The molecule has 10 nitrogen and oxygen atoms in total. The summed E-state index contributed by atoms with van der Waals surface area (Å²) in [6.07, 6.45) is 1.27. The van der Waals surface area contributed by atoms with E-state index in [2.05, 4.69) is 0 Å². The zero-order valence-electron chi connectivity index (χ0n) is 21.7. The number of imide groups is 2. The molecule has 0 bridgehead atoms. The Morgan fingerprint density at radius 2 is 0.810 bits per heavy atom. The van der Waals surface area contributed by atoms with E-state index >= 15 is 0 Å². The molecule has 4 amide bonds. The van der Waals surface area contributed by atoms with Crippen molar-refractivity contribution in [2.75, 3.05) is 9.80 Å². The maximum atomic E-state index is 12.9. The fourth-order valence-corrected chi connectivity index (χ4v) is 5.13. The summed E-state index contributed by atoms with van der Waals surface area (Å²) in [6.45, 7) is 0. The van der Waals surface area contributed by atoms with E-state index in [0.717, 1.165) is 20.9 Å². The molecule has 0 saturated carbocycles. The predicted octanol–water partition coefficient (Wildman–Crippen LogP) is 4.47. The topological polar surface area (TPSA) is 149 Å². The summed E-state index contributed by atoms with van der Waals surface area (Å²) in [4.78, 5) is 76.0. The van der Waals surface area contributed by atoms with Gasteiger partial charge in [0, 0.05) is 0 Å². The number of fused-ring (bicyclic) bond motifs is 2. The molecular weight excluding hydrogens is 540 g/mol. The molecule has 0 atom stereocenters. The minimum absolute atomic E-state index is 0.0543. The molecule has 2 aliphatic heterocycles. The van der Waals surface area contributed by atoms with Crippen molar-refractivity contribution in [3.8, 4) is 0 Å². The molecule has 2 N–H and O–H groups in total. The van der Waals surface area contributed by atoms with E-state index in [1.54, 1.807) is 48.5 Å². The summed E-state index contributed by atoms with van der Waals surface area (Å²) in [7, 11) is 0. The number of aromatic carboxylic acids is 2. The lowest BCUT2D eigenvalue weighted by Crippen LogP contribution is -2.29. The summed E-state index contributed by atoms with van der Waals surface area (Å²) < 4.78 is 0. The third-order valence-electron chi connectivity index (χ3n) is 7.36. The number of rotatable bonds is 7. The number of carbonyl (C=O) groups is 6. The lowest BCUT2D eigenvalue weighted by molar-refractivity contribution is 0.0686. The van der Waals surface area contributed by atoms with Crippen molar-refractivity contribution in [2.24, 2.45) is 0 Å². The van der Waals surface area contributed by atoms with Crippen LogP contribution in [-0.2, 0) is 12.8 Å². The first-order valence-electron chi connectivity index (χ1n) is 12.8. The monoisotopic (exact) mass is 560 g/mol. The summed E-state index contributed by atoms with van der Waals surface area (Å²) >= 11 is 0. The molecule has 4 aromatic rings. The van der Waals surface area contributed by atoms with E-state index in [-0.39, 0.29) is 33.4 Å². The highest BCUT2D eigenvalue weighted by Crippen LogP contribution is 2.31.